The highest BCUT2D eigenvalue weighted by atomic mass is 79.9. The molecule has 2 aromatic carbocycles. The van der Waals surface area contributed by atoms with Gasteiger partial charge in [0.1, 0.15) is 11.6 Å². The van der Waals surface area contributed by atoms with Gasteiger partial charge in [0.05, 0.1) is 4.83 Å². The Labute approximate surface area is 117 Å². The smallest absolute Gasteiger partial charge is 0.387 e. The molecule has 1 nitrogen and oxygen atoms in total. The van der Waals surface area contributed by atoms with Gasteiger partial charge in [-0.05, 0) is 23.8 Å². The van der Waals surface area contributed by atoms with Gasteiger partial charge >= 0.3 is 6.61 Å². The SMILES string of the molecule is Fc1ccc(C(Br)c2ccccc2OC(F)F)cc1. The van der Waals surface area contributed by atoms with Crippen LogP contribution < -0.4 is 4.74 Å². The third kappa shape index (κ3) is 3.50. The van der Waals surface area contributed by atoms with Crippen LogP contribution in [0.1, 0.15) is 16.0 Å². The predicted molar refractivity (Wildman–Crippen MR) is 70.2 cm³/mol. The zero-order valence-corrected chi connectivity index (χ0v) is 11.3. The Morgan fingerprint density at radius 3 is 2.21 bits per heavy atom. The van der Waals surface area contributed by atoms with Crippen molar-refractivity contribution in [3.63, 3.8) is 0 Å². The largest absolute Gasteiger partial charge is 0.434 e. The predicted octanol–water partition coefficient (Wildman–Crippen LogP) is 4.91. The van der Waals surface area contributed by atoms with Crippen molar-refractivity contribution < 1.29 is 17.9 Å². The second-order valence-electron chi connectivity index (χ2n) is 3.83. The van der Waals surface area contributed by atoms with Crippen molar-refractivity contribution in [3.05, 3.63) is 65.5 Å². The molecule has 0 spiro atoms. The Balaban J connectivity index is 2.32. The number of rotatable bonds is 4. The lowest BCUT2D eigenvalue weighted by molar-refractivity contribution is -0.0503. The summed E-state index contributed by atoms with van der Waals surface area (Å²) >= 11 is 3.41. The number of hydrogen-bond acceptors (Lipinski definition) is 1. The minimum atomic E-state index is -2.88. The molecule has 100 valence electrons. The minimum Gasteiger partial charge on any atom is -0.434 e. The number of alkyl halides is 3. The fourth-order valence-corrected chi connectivity index (χ4v) is 2.39. The maximum Gasteiger partial charge on any atom is 0.387 e. The van der Waals surface area contributed by atoms with E-state index in [1.54, 1.807) is 30.3 Å². The highest BCUT2D eigenvalue weighted by Gasteiger charge is 2.17. The van der Waals surface area contributed by atoms with E-state index in [1.807, 2.05) is 0 Å². The zero-order chi connectivity index (χ0) is 13.8. The number of para-hydroxylation sites is 1. The molecule has 2 rings (SSSR count). The van der Waals surface area contributed by atoms with Gasteiger partial charge in [0.25, 0.3) is 0 Å². The average Bonchev–Trinajstić information content (AvgIpc) is 2.39. The summed E-state index contributed by atoms with van der Waals surface area (Å²) in [4.78, 5) is -0.344. The number of benzene rings is 2. The monoisotopic (exact) mass is 330 g/mol. The first kappa shape index (κ1) is 13.9. The van der Waals surface area contributed by atoms with Gasteiger partial charge in [-0.25, -0.2) is 4.39 Å². The number of halogens is 4. The summed E-state index contributed by atoms with van der Waals surface area (Å²) in [5.41, 5.74) is 1.32. The molecule has 5 heteroatoms. The molecule has 0 saturated heterocycles. The van der Waals surface area contributed by atoms with E-state index in [-0.39, 0.29) is 16.4 Å². The highest BCUT2D eigenvalue weighted by Crippen LogP contribution is 2.36. The Kier molecular flexibility index (Phi) is 4.47. The molecular weight excluding hydrogens is 321 g/mol. The summed E-state index contributed by atoms with van der Waals surface area (Å²) in [5.74, 6) is -0.246. The summed E-state index contributed by atoms with van der Waals surface area (Å²) in [6.45, 7) is -2.88. The van der Waals surface area contributed by atoms with Crippen LogP contribution in [-0.2, 0) is 0 Å². The molecule has 0 radical (unpaired) electrons. The first-order valence-electron chi connectivity index (χ1n) is 5.51. The molecule has 0 aliphatic rings. The molecule has 0 aromatic heterocycles. The lowest BCUT2D eigenvalue weighted by atomic mass is 10.0. The summed E-state index contributed by atoms with van der Waals surface area (Å²) in [6, 6.07) is 12.3. The fraction of sp³-hybridized carbons (Fsp3) is 0.143. The Morgan fingerprint density at radius 2 is 1.58 bits per heavy atom. The van der Waals surface area contributed by atoms with Crippen molar-refractivity contribution in [1.82, 2.24) is 0 Å². The van der Waals surface area contributed by atoms with E-state index < -0.39 is 6.61 Å². The first-order valence-corrected chi connectivity index (χ1v) is 6.43. The fourth-order valence-electron chi connectivity index (χ4n) is 1.70. The third-order valence-corrected chi connectivity index (χ3v) is 3.59. The lowest BCUT2D eigenvalue weighted by Crippen LogP contribution is -2.05. The molecule has 1 atom stereocenters. The Hall–Kier alpha value is -1.49. The van der Waals surface area contributed by atoms with Crippen LogP contribution in [0.3, 0.4) is 0 Å². The molecule has 0 aliphatic carbocycles. The molecule has 1 unspecified atom stereocenters. The normalized spacial score (nSPS) is 12.5. The second-order valence-corrected chi connectivity index (χ2v) is 4.75. The van der Waals surface area contributed by atoms with Crippen molar-refractivity contribution in [2.45, 2.75) is 11.4 Å². The van der Waals surface area contributed by atoms with Crippen LogP contribution >= 0.6 is 15.9 Å². The molecule has 2 aromatic rings. The van der Waals surface area contributed by atoms with E-state index in [4.69, 9.17) is 0 Å². The van der Waals surface area contributed by atoms with Gasteiger partial charge < -0.3 is 4.74 Å². The van der Waals surface area contributed by atoms with Crippen molar-refractivity contribution in [1.29, 1.82) is 0 Å². The van der Waals surface area contributed by atoms with Gasteiger partial charge in [-0.2, -0.15) is 8.78 Å². The van der Waals surface area contributed by atoms with Crippen LogP contribution in [0.5, 0.6) is 5.75 Å². The van der Waals surface area contributed by atoms with E-state index >= 15 is 0 Å². The van der Waals surface area contributed by atoms with Gasteiger partial charge in [-0.3, -0.25) is 0 Å². The van der Waals surface area contributed by atoms with Crippen molar-refractivity contribution in [2.75, 3.05) is 0 Å². The molecule has 0 bridgehead atoms. The van der Waals surface area contributed by atoms with Crippen molar-refractivity contribution in [2.24, 2.45) is 0 Å². The molecule has 0 amide bonds. The molecule has 0 heterocycles. The molecule has 19 heavy (non-hydrogen) atoms. The van der Waals surface area contributed by atoms with E-state index in [9.17, 15) is 13.2 Å². The minimum absolute atomic E-state index is 0.101. The van der Waals surface area contributed by atoms with Crippen molar-refractivity contribution in [3.8, 4) is 5.75 Å². The first-order chi connectivity index (χ1) is 9.08. The van der Waals surface area contributed by atoms with Gasteiger partial charge in [0, 0.05) is 5.56 Å². The van der Waals surface area contributed by atoms with Crippen LogP contribution in [0.4, 0.5) is 13.2 Å². The van der Waals surface area contributed by atoms with Gasteiger partial charge in [-0.15, -0.1) is 0 Å². The number of hydrogen-bond donors (Lipinski definition) is 0. The summed E-state index contributed by atoms with van der Waals surface area (Å²) in [7, 11) is 0. The van der Waals surface area contributed by atoms with Crippen LogP contribution in [0.25, 0.3) is 0 Å². The summed E-state index contributed by atoms with van der Waals surface area (Å²) in [5, 5.41) is 0. The molecule has 0 fully saturated rings. The average molecular weight is 331 g/mol. The highest BCUT2D eigenvalue weighted by molar-refractivity contribution is 9.09. The van der Waals surface area contributed by atoms with Gasteiger partial charge in [-0.1, -0.05) is 46.3 Å². The van der Waals surface area contributed by atoms with E-state index in [2.05, 4.69) is 20.7 Å². The van der Waals surface area contributed by atoms with E-state index in [1.165, 1.54) is 18.2 Å². The summed E-state index contributed by atoms with van der Waals surface area (Å²) < 4.78 is 42.0. The van der Waals surface area contributed by atoms with Crippen LogP contribution in [0.15, 0.2) is 48.5 Å². The quantitative estimate of drug-likeness (QED) is 0.723. The van der Waals surface area contributed by atoms with E-state index in [0.717, 1.165) is 5.56 Å². The van der Waals surface area contributed by atoms with Gasteiger partial charge in [0.2, 0.25) is 0 Å². The van der Waals surface area contributed by atoms with Gasteiger partial charge in [0.15, 0.2) is 0 Å². The lowest BCUT2D eigenvalue weighted by Gasteiger charge is -2.15. The zero-order valence-electron chi connectivity index (χ0n) is 9.69. The molecule has 0 saturated carbocycles. The Bertz CT molecular complexity index is 543. The standard InChI is InChI=1S/C14H10BrF3O/c15-13(9-5-7-10(16)8-6-9)11-3-1-2-4-12(11)19-14(17)18/h1-8,13-14H. The molecule has 0 aliphatic heterocycles. The maximum absolute atomic E-state index is 12.9. The molecule has 0 N–H and O–H groups in total. The van der Waals surface area contributed by atoms with Crippen molar-refractivity contribution >= 4 is 15.9 Å². The van der Waals surface area contributed by atoms with Crippen LogP contribution in [0, 0.1) is 5.82 Å². The third-order valence-electron chi connectivity index (χ3n) is 2.57. The summed E-state index contributed by atoms with van der Waals surface area (Å²) in [6.07, 6.45) is 0. The topological polar surface area (TPSA) is 9.23 Å². The van der Waals surface area contributed by atoms with Crippen LogP contribution in [0.2, 0.25) is 0 Å². The molecular formula is C14H10BrF3O. The Morgan fingerprint density at radius 1 is 0.947 bits per heavy atom. The van der Waals surface area contributed by atoms with E-state index in [0.29, 0.717) is 5.56 Å². The second kappa shape index (κ2) is 6.10. The van der Waals surface area contributed by atoms with Crippen LogP contribution in [-0.4, -0.2) is 6.61 Å². The maximum atomic E-state index is 12.9. The number of ether oxygens (including phenoxy) is 1.